The van der Waals surface area contributed by atoms with Crippen LogP contribution in [0.5, 0.6) is 0 Å². The fourth-order valence-electron chi connectivity index (χ4n) is 2.91. The van der Waals surface area contributed by atoms with Gasteiger partial charge >= 0.3 is 0 Å². The maximum atomic E-state index is 13.4. The van der Waals surface area contributed by atoms with E-state index in [0.29, 0.717) is 23.0 Å². The molecule has 0 spiro atoms. The van der Waals surface area contributed by atoms with Crippen molar-refractivity contribution in [2.75, 3.05) is 6.54 Å². The Bertz CT molecular complexity index is 1070. The lowest BCUT2D eigenvalue weighted by atomic mass is 9.98. The Labute approximate surface area is 166 Å². The molecule has 0 bridgehead atoms. The largest absolute Gasteiger partial charge is 0.285 e. The molecule has 0 saturated heterocycles. The molecule has 0 fully saturated rings. The third-order valence-corrected chi connectivity index (χ3v) is 4.16. The maximum absolute atomic E-state index is 13.4. The molecule has 1 aliphatic rings. The van der Waals surface area contributed by atoms with Crippen LogP contribution in [-0.2, 0) is 0 Å². The van der Waals surface area contributed by atoms with Crippen LogP contribution in [0.3, 0.4) is 0 Å². The van der Waals surface area contributed by atoms with Crippen LogP contribution in [0.1, 0.15) is 32.0 Å². The van der Waals surface area contributed by atoms with E-state index in [-0.39, 0.29) is 11.3 Å². The van der Waals surface area contributed by atoms with Crippen LogP contribution in [0.4, 0.5) is 22.0 Å². The molecule has 29 heavy (non-hydrogen) atoms. The number of nitrogens with zero attached hydrogens (tertiary/aromatic N) is 2. The molecule has 1 aromatic carbocycles. The van der Waals surface area contributed by atoms with Crippen LogP contribution in [0.2, 0.25) is 0 Å². The van der Waals surface area contributed by atoms with Crippen molar-refractivity contribution in [3.8, 4) is 0 Å². The Hall–Kier alpha value is -2.83. The highest BCUT2D eigenvalue weighted by Gasteiger charge is 2.25. The summed E-state index contributed by atoms with van der Waals surface area (Å²) in [6.07, 6.45) is 0.921. The van der Waals surface area contributed by atoms with E-state index in [1.165, 1.54) is 6.07 Å². The first-order valence-electron chi connectivity index (χ1n) is 8.95. The molecule has 154 valence electrons. The number of aryl methyl sites for hydroxylation is 2. The molecule has 3 rings (SSSR count). The molecule has 1 aromatic heterocycles. The summed E-state index contributed by atoms with van der Waals surface area (Å²) in [6, 6.07) is 4.16. The summed E-state index contributed by atoms with van der Waals surface area (Å²) >= 11 is 0. The molecule has 1 heterocycles. The number of pyridine rings is 1. The predicted molar refractivity (Wildman–Crippen MR) is 106 cm³/mol. The lowest BCUT2D eigenvalue weighted by molar-refractivity contribution is 0.498. The van der Waals surface area contributed by atoms with Gasteiger partial charge in [0.2, 0.25) is 0 Å². The molecule has 0 radical (unpaired) electrons. The van der Waals surface area contributed by atoms with Gasteiger partial charge < -0.3 is 0 Å². The highest BCUT2D eigenvalue weighted by Crippen LogP contribution is 2.32. The molecule has 0 N–H and O–H groups in total. The number of hydrogen-bond acceptors (Lipinski definition) is 2. The zero-order valence-corrected chi connectivity index (χ0v) is 16.8. The van der Waals surface area contributed by atoms with Gasteiger partial charge in [-0.05, 0) is 52.3 Å². The number of halogens is 5. The highest BCUT2D eigenvalue weighted by molar-refractivity contribution is 6.13. The predicted octanol–water partition coefficient (Wildman–Crippen LogP) is 6.93. The number of allylic oxidation sites excluding steroid dienone is 6. The molecular weight excluding hydrogens is 387 g/mol. The molecular formula is C22H21F5N2. The van der Waals surface area contributed by atoms with Gasteiger partial charge in [0.15, 0.2) is 29.1 Å². The molecule has 2 nitrogen and oxygen atoms in total. The molecule has 0 saturated carbocycles. The van der Waals surface area contributed by atoms with E-state index >= 15 is 0 Å². The monoisotopic (exact) mass is 408 g/mol. The number of benzene rings is 1. The minimum atomic E-state index is -1.44. The number of hydrogen-bond donors (Lipinski definition) is 0. The van der Waals surface area contributed by atoms with Gasteiger partial charge in [-0.2, -0.15) is 0 Å². The number of rotatable bonds is 1. The third-order valence-electron chi connectivity index (χ3n) is 4.16. The maximum Gasteiger partial charge on any atom is 0.195 e. The normalized spacial score (nSPS) is 15.4. The number of aromatic nitrogens is 1. The summed E-state index contributed by atoms with van der Waals surface area (Å²) in [5.74, 6) is -5.49. The summed E-state index contributed by atoms with van der Waals surface area (Å²) in [5.41, 5.74) is 3.00. The minimum absolute atomic E-state index is 0.0516. The second kappa shape index (κ2) is 9.11. The first kappa shape index (κ1) is 22.5. The Kier molecular flexibility index (Phi) is 7.06. The van der Waals surface area contributed by atoms with Crippen LogP contribution >= 0.6 is 0 Å². The standard InChI is InChI=1S/C11H12F3N.C11H9F2N/c1-4-15-8-5-7(12)10(13)11(14)9(8)6(2)3;1-6-3-7(2)14-11-5-10(13)9(12)4-8(6)11/h5H,4H2,1-3H3;3-5H,1-2H3. The van der Waals surface area contributed by atoms with Gasteiger partial charge in [-0.3, -0.25) is 9.98 Å². The first-order chi connectivity index (χ1) is 13.6. The molecule has 2 aromatic rings. The zero-order chi connectivity index (χ0) is 21.9. The number of aliphatic imine (C=N–C) groups is 1. The van der Waals surface area contributed by atoms with Crippen molar-refractivity contribution in [2.45, 2.75) is 34.6 Å². The topological polar surface area (TPSA) is 25.2 Å². The van der Waals surface area contributed by atoms with Gasteiger partial charge in [0, 0.05) is 35.3 Å². The molecule has 0 amide bonds. The Balaban J connectivity index is 0.000000207. The lowest BCUT2D eigenvalue weighted by Gasteiger charge is -2.13. The summed E-state index contributed by atoms with van der Waals surface area (Å²) in [5, 5.41) is 0.662. The van der Waals surface area contributed by atoms with E-state index in [1.54, 1.807) is 20.8 Å². The SMILES string of the molecule is CCN=C1C=C(F)C(F)=C(F)C1=C(C)C.Cc1cc(C)c2cc(F)c(F)cc2n1. The second-order valence-corrected chi connectivity index (χ2v) is 6.72. The summed E-state index contributed by atoms with van der Waals surface area (Å²) < 4.78 is 65.1. The summed E-state index contributed by atoms with van der Waals surface area (Å²) in [4.78, 5) is 8.05. The summed E-state index contributed by atoms with van der Waals surface area (Å²) in [6.45, 7) is 9.08. The van der Waals surface area contributed by atoms with E-state index in [0.717, 1.165) is 23.4 Å². The molecule has 1 aliphatic carbocycles. The van der Waals surface area contributed by atoms with Crippen LogP contribution in [0.25, 0.3) is 10.9 Å². The van der Waals surface area contributed by atoms with E-state index in [2.05, 4.69) is 9.98 Å². The quantitative estimate of drug-likeness (QED) is 0.470. The van der Waals surface area contributed by atoms with Crippen molar-refractivity contribution >= 4 is 16.6 Å². The molecule has 0 unspecified atom stereocenters. The third kappa shape index (κ3) is 4.96. The fraction of sp³-hybridized carbons (Fsp3) is 0.273. The fourth-order valence-corrected chi connectivity index (χ4v) is 2.91. The van der Waals surface area contributed by atoms with Crippen LogP contribution in [0, 0.1) is 25.5 Å². The molecule has 0 atom stereocenters. The van der Waals surface area contributed by atoms with Gasteiger partial charge in [0.25, 0.3) is 0 Å². The van der Waals surface area contributed by atoms with Crippen molar-refractivity contribution in [1.82, 2.24) is 4.98 Å². The van der Waals surface area contributed by atoms with E-state index in [9.17, 15) is 22.0 Å². The second-order valence-electron chi connectivity index (χ2n) is 6.72. The molecule has 7 heteroatoms. The lowest BCUT2D eigenvalue weighted by Crippen LogP contribution is -2.10. The van der Waals surface area contributed by atoms with E-state index < -0.39 is 29.1 Å². The Morgan fingerprint density at radius 3 is 2.14 bits per heavy atom. The number of fused-ring (bicyclic) bond motifs is 1. The summed E-state index contributed by atoms with van der Waals surface area (Å²) in [7, 11) is 0. The Morgan fingerprint density at radius 2 is 1.55 bits per heavy atom. The van der Waals surface area contributed by atoms with Gasteiger partial charge in [-0.25, -0.2) is 22.0 Å². The van der Waals surface area contributed by atoms with Crippen LogP contribution in [-0.4, -0.2) is 17.2 Å². The molecule has 0 aliphatic heterocycles. The van der Waals surface area contributed by atoms with E-state index in [1.807, 2.05) is 19.9 Å². The smallest absolute Gasteiger partial charge is 0.195 e. The average molecular weight is 408 g/mol. The Morgan fingerprint density at radius 1 is 0.931 bits per heavy atom. The van der Waals surface area contributed by atoms with Crippen molar-refractivity contribution in [3.05, 3.63) is 75.8 Å². The van der Waals surface area contributed by atoms with Crippen molar-refractivity contribution < 1.29 is 22.0 Å². The highest BCUT2D eigenvalue weighted by atomic mass is 19.2. The van der Waals surface area contributed by atoms with Crippen molar-refractivity contribution in [1.29, 1.82) is 0 Å². The van der Waals surface area contributed by atoms with Gasteiger partial charge in [0.1, 0.15) is 0 Å². The van der Waals surface area contributed by atoms with Crippen LogP contribution in [0.15, 0.2) is 57.9 Å². The van der Waals surface area contributed by atoms with E-state index in [4.69, 9.17) is 0 Å². The van der Waals surface area contributed by atoms with Gasteiger partial charge in [-0.1, -0.05) is 5.57 Å². The van der Waals surface area contributed by atoms with Gasteiger partial charge in [-0.15, -0.1) is 0 Å². The van der Waals surface area contributed by atoms with Crippen molar-refractivity contribution in [3.63, 3.8) is 0 Å². The van der Waals surface area contributed by atoms with Gasteiger partial charge in [0.05, 0.1) is 11.2 Å². The first-order valence-corrected chi connectivity index (χ1v) is 8.95. The average Bonchev–Trinajstić information content (AvgIpc) is 2.62. The minimum Gasteiger partial charge on any atom is -0.285 e. The van der Waals surface area contributed by atoms with Crippen LogP contribution < -0.4 is 0 Å². The zero-order valence-electron chi connectivity index (χ0n) is 16.8. The van der Waals surface area contributed by atoms with Crippen molar-refractivity contribution in [2.24, 2.45) is 4.99 Å².